The van der Waals surface area contributed by atoms with Crippen molar-refractivity contribution >= 4 is 55.7 Å². The van der Waals surface area contributed by atoms with Crippen molar-refractivity contribution in [1.29, 1.82) is 0 Å². The summed E-state index contributed by atoms with van der Waals surface area (Å²) in [7, 11) is 0. The monoisotopic (exact) mass is 516 g/mol. The molecule has 0 aliphatic carbocycles. The average molecular weight is 517 g/mol. The van der Waals surface area contributed by atoms with E-state index in [4.69, 9.17) is 0 Å². The largest absolute Gasteiger partial charge is 0.392 e. The fourth-order valence-corrected chi connectivity index (χ4v) is 5.11. The molecule has 5 aromatic carbocycles. The van der Waals surface area contributed by atoms with Crippen molar-refractivity contribution in [2.24, 2.45) is 20.5 Å². The molecule has 0 fully saturated rings. The van der Waals surface area contributed by atoms with Crippen molar-refractivity contribution in [3.8, 4) is 0 Å². The lowest BCUT2D eigenvalue weighted by atomic mass is 9.99. The summed E-state index contributed by atoms with van der Waals surface area (Å²) >= 11 is 0. The van der Waals surface area contributed by atoms with Gasteiger partial charge in [-0.3, -0.25) is 0 Å². The Bertz CT molecular complexity index is 1740. The zero-order valence-electron chi connectivity index (χ0n) is 21.7. The number of nitrogens with one attached hydrogen (secondary N) is 2. The zero-order valence-corrected chi connectivity index (χ0v) is 21.7. The standard InChI is InChI=1S/C31H28N6O2/c1-19-14-20(2)16-21(15-19)34-35-25-10-11-26(23-7-4-3-6-22(23)25)36-37-27-12-13-29-30-24(27)8-5-9-28(30)32-31(17-38,18-39)33-29/h3-16,32-33,38-39H,17-18H2,1-2H3. The number of aliphatic hydroxyl groups is 2. The van der Waals surface area contributed by atoms with Crippen molar-refractivity contribution in [2.75, 3.05) is 23.8 Å². The number of anilines is 2. The lowest BCUT2D eigenvalue weighted by Crippen LogP contribution is -2.54. The summed E-state index contributed by atoms with van der Waals surface area (Å²) in [5.41, 5.74) is 5.92. The summed E-state index contributed by atoms with van der Waals surface area (Å²) in [6.45, 7) is 3.56. The first-order valence-corrected chi connectivity index (χ1v) is 12.8. The van der Waals surface area contributed by atoms with Crippen LogP contribution in [0.25, 0.3) is 21.5 Å². The van der Waals surface area contributed by atoms with Crippen LogP contribution in [0.5, 0.6) is 0 Å². The van der Waals surface area contributed by atoms with Crippen LogP contribution in [-0.2, 0) is 0 Å². The van der Waals surface area contributed by atoms with Crippen LogP contribution < -0.4 is 10.6 Å². The second-order valence-electron chi connectivity index (χ2n) is 9.90. The number of aryl methyl sites for hydroxylation is 2. The molecule has 0 amide bonds. The summed E-state index contributed by atoms with van der Waals surface area (Å²) < 4.78 is 0. The van der Waals surface area contributed by atoms with Crippen LogP contribution in [0.3, 0.4) is 0 Å². The minimum Gasteiger partial charge on any atom is -0.392 e. The lowest BCUT2D eigenvalue weighted by molar-refractivity contribution is 0.152. The quantitative estimate of drug-likeness (QED) is 0.171. The van der Waals surface area contributed by atoms with Crippen molar-refractivity contribution in [2.45, 2.75) is 19.5 Å². The van der Waals surface area contributed by atoms with Crippen molar-refractivity contribution in [1.82, 2.24) is 0 Å². The highest BCUT2D eigenvalue weighted by molar-refractivity contribution is 6.10. The third kappa shape index (κ3) is 4.60. The van der Waals surface area contributed by atoms with Gasteiger partial charge in [-0.25, -0.2) is 0 Å². The number of hydrogen-bond acceptors (Lipinski definition) is 8. The van der Waals surface area contributed by atoms with Gasteiger partial charge in [0.15, 0.2) is 5.66 Å². The molecular formula is C31H28N6O2. The first kappa shape index (κ1) is 24.7. The minimum atomic E-state index is -1.03. The number of aliphatic hydroxyl groups excluding tert-OH is 2. The van der Waals surface area contributed by atoms with Crippen LogP contribution in [0, 0.1) is 13.8 Å². The Morgan fingerprint density at radius 2 is 1.10 bits per heavy atom. The van der Waals surface area contributed by atoms with Gasteiger partial charge in [-0.1, -0.05) is 42.5 Å². The van der Waals surface area contributed by atoms with Gasteiger partial charge < -0.3 is 20.8 Å². The fourth-order valence-electron chi connectivity index (χ4n) is 5.11. The Balaban J connectivity index is 1.36. The van der Waals surface area contributed by atoms with Crippen LogP contribution in [0.4, 0.5) is 34.1 Å². The zero-order chi connectivity index (χ0) is 27.0. The number of benzene rings is 5. The van der Waals surface area contributed by atoms with Crippen LogP contribution in [0.2, 0.25) is 0 Å². The van der Waals surface area contributed by atoms with E-state index < -0.39 is 5.66 Å². The van der Waals surface area contributed by atoms with Gasteiger partial charge >= 0.3 is 0 Å². The van der Waals surface area contributed by atoms with Gasteiger partial charge in [0, 0.05) is 32.9 Å². The smallest absolute Gasteiger partial charge is 0.155 e. The van der Waals surface area contributed by atoms with Crippen LogP contribution >= 0.6 is 0 Å². The molecule has 8 heteroatoms. The number of azo groups is 2. The normalized spacial score (nSPS) is 14.3. The van der Waals surface area contributed by atoms with E-state index in [9.17, 15) is 10.2 Å². The van der Waals surface area contributed by atoms with Crippen LogP contribution in [0.15, 0.2) is 105 Å². The molecule has 0 aromatic heterocycles. The molecule has 0 unspecified atom stereocenters. The van der Waals surface area contributed by atoms with Crippen molar-refractivity contribution in [3.63, 3.8) is 0 Å². The Hall–Kier alpha value is -4.66. The van der Waals surface area contributed by atoms with E-state index >= 15 is 0 Å². The lowest BCUT2D eigenvalue weighted by Gasteiger charge is -2.38. The molecule has 4 N–H and O–H groups in total. The third-order valence-electron chi connectivity index (χ3n) is 6.93. The van der Waals surface area contributed by atoms with Gasteiger partial charge in [0.05, 0.1) is 36.0 Å². The van der Waals surface area contributed by atoms with Gasteiger partial charge in [-0.2, -0.15) is 5.11 Å². The van der Waals surface area contributed by atoms with E-state index in [1.807, 2.05) is 78.9 Å². The van der Waals surface area contributed by atoms with Gasteiger partial charge in [0.25, 0.3) is 0 Å². The predicted molar refractivity (Wildman–Crippen MR) is 156 cm³/mol. The predicted octanol–water partition coefficient (Wildman–Crippen LogP) is 7.96. The molecule has 0 saturated heterocycles. The maximum atomic E-state index is 9.88. The van der Waals surface area contributed by atoms with E-state index in [1.165, 1.54) is 0 Å². The van der Waals surface area contributed by atoms with Crippen LogP contribution in [-0.4, -0.2) is 29.1 Å². The molecule has 1 aliphatic rings. The fraction of sp³-hybridized carbons (Fsp3) is 0.161. The van der Waals surface area contributed by atoms with Gasteiger partial charge in [0.1, 0.15) is 0 Å². The van der Waals surface area contributed by atoms with E-state index in [1.54, 1.807) is 0 Å². The highest BCUT2D eigenvalue weighted by atomic mass is 16.3. The number of nitrogens with zero attached hydrogens (tertiary/aromatic N) is 4. The van der Waals surface area contributed by atoms with Crippen LogP contribution in [0.1, 0.15) is 11.1 Å². The average Bonchev–Trinajstić information content (AvgIpc) is 2.95. The number of fused-ring (bicyclic) bond motifs is 1. The number of hydrogen-bond donors (Lipinski definition) is 4. The first-order chi connectivity index (χ1) is 19.0. The molecule has 39 heavy (non-hydrogen) atoms. The summed E-state index contributed by atoms with van der Waals surface area (Å²) in [5.74, 6) is 0. The molecule has 0 radical (unpaired) electrons. The van der Waals surface area contributed by atoms with E-state index in [-0.39, 0.29) is 13.2 Å². The molecule has 0 atom stereocenters. The van der Waals surface area contributed by atoms with Crippen molar-refractivity contribution in [3.05, 3.63) is 96.1 Å². The molecular weight excluding hydrogens is 488 g/mol. The summed E-state index contributed by atoms with van der Waals surface area (Å²) in [4.78, 5) is 0. The van der Waals surface area contributed by atoms with Crippen molar-refractivity contribution < 1.29 is 10.2 Å². The van der Waals surface area contributed by atoms with E-state index in [0.717, 1.165) is 61.1 Å². The molecule has 1 heterocycles. The second-order valence-corrected chi connectivity index (χ2v) is 9.90. The highest BCUT2D eigenvalue weighted by Gasteiger charge is 2.33. The minimum absolute atomic E-state index is 0.270. The van der Waals surface area contributed by atoms with E-state index in [0.29, 0.717) is 5.69 Å². The first-order valence-electron chi connectivity index (χ1n) is 12.8. The Morgan fingerprint density at radius 3 is 1.72 bits per heavy atom. The molecule has 0 saturated carbocycles. The second kappa shape index (κ2) is 9.90. The topological polar surface area (TPSA) is 114 Å². The molecule has 0 bridgehead atoms. The Kier molecular flexibility index (Phi) is 6.26. The third-order valence-corrected chi connectivity index (χ3v) is 6.93. The van der Waals surface area contributed by atoms with Gasteiger partial charge in [-0.15, -0.1) is 15.3 Å². The molecule has 194 valence electrons. The molecule has 0 spiro atoms. The summed E-state index contributed by atoms with van der Waals surface area (Å²) in [6, 6.07) is 27.5. The molecule has 8 nitrogen and oxygen atoms in total. The Morgan fingerprint density at radius 1 is 0.590 bits per heavy atom. The maximum absolute atomic E-state index is 9.88. The molecule has 5 aromatic rings. The van der Waals surface area contributed by atoms with Gasteiger partial charge in [0.2, 0.25) is 0 Å². The Labute approximate surface area is 225 Å². The van der Waals surface area contributed by atoms with Gasteiger partial charge in [-0.05, 0) is 67.4 Å². The highest BCUT2D eigenvalue weighted by Crippen LogP contribution is 2.42. The SMILES string of the molecule is Cc1cc(C)cc(N=Nc2ccc(N=Nc3ccc4c5c(cccc35)NC(CO)(CO)N4)c3ccccc23)c1. The summed E-state index contributed by atoms with van der Waals surface area (Å²) in [6.07, 6.45) is 0. The summed E-state index contributed by atoms with van der Waals surface area (Å²) in [5, 5.41) is 48.2. The van der Waals surface area contributed by atoms with E-state index in [2.05, 4.69) is 51.0 Å². The molecule has 6 rings (SSSR count). The maximum Gasteiger partial charge on any atom is 0.155 e. The molecule has 1 aliphatic heterocycles. The number of rotatable bonds is 6.